The van der Waals surface area contributed by atoms with E-state index in [2.05, 4.69) is 5.10 Å². The van der Waals surface area contributed by atoms with Crippen molar-refractivity contribution in [3.05, 3.63) is 47.5 Å². The Kier molecular flexibility index (Phi) is 4.32. The highest BCUT2D eigenvalue weighted by Crippen LogP contribution is 2.20. The summed E-state index contributed by atoms with van der Waals surface area (Å²) >= 11 is 0. The first-order valence-electron chi connectivity index (χ1n) is 7.83. The number of carbonyl (C=O) groups excluding carboxylic acids is 1. The lowest BCUT2D eigenvalue weighted by Crippen LogP contribution is -2.50. The van der Waals surface area contributed by atoms with E-state index in [1.54, 1.807) is 16.8 Å². The Morgan fingerprint density at radius 1 is 1.17 bits per heavy atom. The smallest absolute Gasteiger partial charge is 0.244 e. The van der Waals surface area contributed by atoms with Gasteiger partial charge in [-0.25, -0.2) is 4.39 Å². The van der Waals surface area contributed by atoms with E-state index < -0.39 is 0 Å². The number of hydrogen-bond acceptors (Lipinski definition) is 3. The Morgan fingerprint density at radius 3 is 2.48 bits per heavy atom. The van der Waals surface area contributed by atoms with Crippen molar-refractivity contribution >= 4 is 11.6 Å². The molecule has 6 heteroatoms. The topological polar surface area (TPSA) is 41.4 Å². The number of halogens is 1. The lowest BCUT2D eigenvalue weighted by atomic mass is 10.2. The molecule has 0 aliphatic carbocycles. The fourth-order valence-electron chi connectivity index (χ4n) is 2.97. The van der Waals surface area contributed by atoms with Crippen molar-refractivity contribution in [1.29, 1.82) is 0 Å². The number of carbonyl (C=O) groups is 1. The predicted octanol–water partition coefficient (Wildman–Crippen LogP) is 1.99. The molecule has 0 spiro atoms. The molecule has 122 valence electrons. The maximum atomic E-state index is 13.8. The van der Waals surface area contributed by atoms with E-state index in [0.29, 0.717) is 31.9 Å². The summed E-state index contributed by atoms with van der Waals surface area (Å²) in [5.41, 5.74) is 2.51. The van der Waals surface area contributed by atoms with Gasteiger partial charge >= 0.3 is 0 Å². The summed E-state index contributed by atoms with van der Waals surface area (Å²) in [6.45, 7) is 6.62. The van der Waals surface area contributed by atoms with Crippen LogP contribution in [0.2, 0.25) is 0 Å². The second kappa shape index (κ2) is 6.40. The largest absolute Gasteiger partial charge is 0.366 e. The van der Waals surface area contributed by atoms with E-state index in [9.17, 15) is 9.18 Å². The number of nitrogens with zero attached hydrogens (tertiary/aromatic N) is 4. The minimum atomic E-state index is -0.213. The van der Waals surface area contributed by atoms with Crippen molar-refractivity contribution < 1.29 is 9.18 Å². The number of aromatic nitrogens is 2. The molecule has 0 saturated carbocycles. The van der Waals surface area contributed by atoms with Gasteiger partial charge in [0.15, 0.2) is 0 Å². The van der Waals surface area contributed by atoms with Gasteiger partial charge in [0.05, 0.1) is 11.4 Å². The van der Waals surface area contributed by atoms with Crippen molar-refractivity contribution in [2.45, 2.75) is 20.4 Å². The molecule has 1 aliphatic rings. The van der Waals surface area contributed by atoms with Crippen LogP contribution in [0.15, 0.2) is 30.3 Å². The van der Waals surface area contributed by atoms with Crippen LogP contribution in [-0.2, 0) is 11.3 Å². The van der Waals surface area contributed by atoms with Crippen molar-refractivity contribution in [2.75, 3.05) is 31.1 Å². The molecule has 0 atom stereocenters. The molecular weight excluding hydrogens is 295 g/mol. The Hall–Kier alpha value is -2.37. The van der Waals surface area contributed by atoms with Crippen LogP contribution in [0.1, 0.15) is 11.4 Å². The predicted molar refractivity (Wildman–Crippen MR) is 86.9 cm³/mol. The number of benzene rings is 1. The molecule has 0 bridgehead atoms. The Labute approximate surface area is 135 Å². The summed E-state index contributed by atoms with van der Waals surface area (Å²) < 4.78 is 15.6. The van der Waals surface area contributed by atoms with Gasteiger partial charge in [-0.3, -0.25) is 9.48 Å². The Balaban J connectivity index is 1.59. The summed E-state index contributed by atoms with van der Waals surface area (Å²) in [7, 11) is 0. The van der Waals surface area contributed by atoms with Crippen molar-refractivity contribution in [3.8, 4) is 0 Å². The molecule has 1 amide bonds. The molecule has 5 nitrogen and oxygen atoms in total. The van der Waals surface area contributed by atoms with E-state index in [1.165, 1.54) is 6.07 Å². The van der Waals surface area contributed by atoms with E-state index >= 15 is 0 Å². The van der Waals surface area contributed by atoms with Crippen LogP contribution in [0.4, 0.5) is 10.1 Å². The molecule has 1 aliphatic heterocycles. The van der Waals surface area contributed by atoms with Gasteiger partial charge in [0.1, 0.15) is 12.4 Å². The quantitative estimate of drug-likeness (QED) is 0.869. The van der Waals surface area contributed by atoms with E-state index in [0.717, 1.165) is 11.4 Å². The highest BCUT2D eigenvalue weighted by molar-refractivity contribution is 5.76. The number of para-hydroxylation sites is 1. The molecule has 0 N–H and O–H groups in total. The molecule has 0 unspecified atom stereocenters. The number of piperazine rings is 1. The lowest BCUT2D eigenvalue weighted by molar-refractivity contribution is -0.132. The Morgan fingerprint density at radius 2 is 1.87 bits per heavy atom. The molecular formula is C17H21FN4O. The normalized spacial score (nSPS) is 15.1. The second-order valence-electron chi connectivity index (χ2n) is 5.90. The van der Waals surface area contributed by atoms with Gasteiger partial charge in [0, 0.05) is 31.9 Å². The fraction of sp³-hybridized carbons (Fsp3) is 0.412. The number of aryl methyl sites for hydroxylation is 2. The van der Waals surface area contributed by atoms with Crippen molar-refractivity contribution in [1.82, 2.24) is 14.7 Å². The summed E-state index contributed by atoms with van der Waals surface area (Å²) in [6.07, 6.45) is 0. The lowest BCUT2D eigenvalue weighted by Gasteiger charge is -2.36. The molecule has 0 radical (unpaired) electrons. The molecule has 1 aromatic carbocycles. The fourth-order valence-corrected chi connectivity index (χ4v) is 2.97. The van der Waals surface area contributed by atoms with Gasteiger partial charge in [-0.15, -0.1) is 0 Å². The number of hydrogen-bond donors (Lipinski definition) is 0. The summed E-state index contributed by atoms with van der Waals surface area (Å²) in [4.78, 5) is 16.2. The highest BCUT2D eigenvalue weighted by Gasteiger charge is 2.23. The average Bonchev–Trinajstić information content (AvgIpc) is 2.85. The van der Waals surface area contributed by atoms with Crippen LogP contribution >= 0.6 is 0 Å². The third kappa shape index (κ3) is 3.36. The third-order valence-corrected chi connectivity index (χ3v) is 4.21. The van der Waals surface area contributed by atoms with Crippen molar-refractivity contribution in [3.63, 3.8) is 0 Å². The van der Waals surface area contributed by atoms with Gasteiger partial charge in [-0.2, -0.15) is 5.10 Å². The molecule has 23 heavy (non-hydrogen) atoms. The van der Waals surface area contributed by atoms with Gasteiger partial charge < -0.3 is 9.80 Å². The Bertz CT molecular complexity index is 704. The van der Waals surface area contributed by atoms with E-state index in [1.807, 2.05) is 35.8 Å². The van der Waals surface area contributed by atoms with Crippen LogP contribution in [0.25, 0.3) is 0 Å². The zero-order chi connectivity index (χ0) is 16.4. The zero-order valence-electron chi connectivity index (χ0n) is 13.5. The third-order valence-electron chi connectivity index (χ3n) is 4.21. The molecule has 1 fully saturated rings. The molecule has 1 saturated heterocycles. The SMILES string of the molecule is Cc1cc(C)n(CC(=O)N2CCN(c3ccccc3F)CC2)n1. The van der Waals surface area contributed by atoms with Crippen LogP contribution in [0.5, 0.6) is 0 Å². The highest BCUT2D eigenvalue weighted by atomic mass is 19.1. The van der Waals surface area contributed by atoms with Crippen LogP contribution in [-0.4, -0.2) is 46.8 Å². The zero-order valence-corrected chi connectivity index (χ0v) is 13.5. The van der Waals surface area contributed by atoms with E-state index in [4.69, 9.17) is 0 Å². The van der Waals surface area contributed by atoms with Gasteiger partial charge in [-0.1, -0.05) is 12.1 Å². The number of anilines is 1. The van der Waals surface area contributed by atoms with Gasteiger partial charge in [-0.05, 0) is 32.0 Å². The molecule has 1 aromatic heterocycles. The summed E-state index contributed by atoms with van der Waals surface area (Å²) in [5, 5.41) is 4.33. The molecule has 3 rings (SSSR count). The van der Waals surface area contributed by atoms with Crippen molar-refractivity contribution in [2.24, 2.45) is 0 Å². The monoisotopic (exact) mass is 316 g/mol. The van der Waals surface area contributed by atoms with Gasteiger partial charge in [0.2, 0.25) is 5.91 Å². The first-order chi connectivity index (χ1) is 11.0. The maximum absolute atomic E-state index is 13.8. The summed E-state index contributed by atoms with van der Waals surface area (Å²) in [5.74, 6) is -0.153. The first kappa shape index (κ1) is 15.5. The first-order valence-corrected chi connectivity index (χ1v) is 7.83. The standard InChI is InChI=1S/C17H21FN4O/c1-13-11-14(2)22(19-13)12-17(23)21-9-7-20(8-10-21)16-6-4-3-5-15(16)18/h3-6,11H,7-10,12H2,1-2H3. The molecule has 2 heterocycles. The number of amides is 1. The minimum Gasteiger partial charge on any atom is -0.366 e. The van der Waals surface area contributed by atoms with Crippen LogP contribution in [0, 0.1) is 19.7 Å². The number of rotatable bonds is 3. The maximum Gasteiger partial charge on any atom is 0.244 e. The minimum absolute atomic E-state index is 0.0596. The van der Waals surface area contributed by atoms with Crippen LogP contribution < -0.4 is 4.90 Å². The summed E-state index contributed by atoms with van der Waals surface area (Å²) in [6, 6.07) is 8.73. The van der Waals surface area contributed by atoms with Gasteiger partial charge in [0.25, 0.3) is 0 Å². The molecule has 2 aromatic rings. The van der Waals surface area contributed by atoms with Crippen LogP contribution in [0.3, 0.4) is 0 Å². The average molecular weight is 316 g/mol. The van der Waals surface area contributed by atoms with E-state index in [-0.39, 0.29) is 18.3 Å². The second-order valence-corrected chi connectivity index (χ2v) is 5.90.